The number of aliphatic carboxylic acids is 1. The minimum atomic E-state index is -0.958. The van der Waals surface area contributed by atoms with Crippen LogP contribution in [0.25, 0.3) is 10.8 Å². The molecule has 0 aliphatic heterocycles. The molecule has 0 saturated carbocycles. The summed E-state index contributed by atoms with van der Waals surface area (Å²) in [5.74, 6) is -1.35. The van der Waals surface area contributed by atoms with Crippen molar-refractivity contribution in [3.05, 3.63) is 77.4 Å². The van der Waals surface area contributed by atoms with Crippen molar-refractivity contribution in [3.8, 4) is 11.8 Å². The maximum atomic E-state index is 11.2. The van der Waals surface area contributed by atoms with Crippen molar-refractivity contribution >= 4 is 16.7 Å². The molecule has 0 fully saturated rings. The van der Waals surface area contributed by atoms with Gasteiger partial charge in [-0.15, -0.1) is 0 Å². The van der Waals surface area contributed by atoms with Crippen molar-refractivity contribution < 1.29 is 19.7 Å². The summed E-state index contributed by atoms with van der Waals surface area (Å²) in [6.45, 7) is 6.09. The molecular weight excluding hydrogens is 416 g/mol. The van der Waals surface area contributed by atoms with E-state index in [1.165, 1.54) is 22.4 Å². The van der Waals surface area contributed by atoms with Crippen LogP contribution in [0.2, 0.25) is 0 Å². The molecular formula is C27H30N2O4. The number of β-amino-alcohol motifs (C(OH)–C–C–N with tert-alkyl or cyclic N) is 1. The Morgan fingerprint density at radius 1 is 1.12 bits per heavy atom. The monoisotopic (exact) mass is 446 g/mol. The summed E-state index contributed by atoms with van der Waals surface area (Å²) in [6.07, 6.45) is 0.0257. The lowest BCUT2D eigenvalue weighted by Gasteiger charge is -2.28. The van der Waals surface area contributed by atoms with Crippen molar-refractivity contribution in [2.45, 2.75) is 44.8 Å². The normalized spacial score (nSPS) is 13.3. The number of nitrogens with one attached hydrogen (secondary N) is 1. The first-order valence-electron chi connectivity index (χ1n) is 11.0. The molecule has 0 amide bonds. The molecule has 0 heterocycles. The van der Waals surface area contributed by atoms with E-state index in [1.54, 1.807) is 19.1 Å². The molecule has 2 atom stereocenters. The predicted octanol–water partition coefficient (Wildman–Crippen LogP) is 4.25. The summed E-state index contributed by atoms with van der Waals surface area (Å²) in [5.41, 5.74) is 1.75. The van der Waals surface area contributed by atoms with Gasteiger partial charge in [0.05, 0.1) is 11.5 Å². The van der Waals surface area contributed by atoms with Crippen LogP contribution < -0.4 is 10.1 Å². The van der Waals surface area contributed by atoms with Gasteiger partial charge >= 0.3 is 5.97 Å². The summed E-state index contributed by atoms with van der Waals surface area (Å²) in [6, 6.07) is 21.5. The molecule has 6 heteroatoms. The number of ether oxygens (including phenoxy) is 1. The van der Waals surface area contributed by atoms with Gasteiger partial charge in [0.2, 0.25) is 0 Å². The molecule has 0 unspecified atom stereocenters. The fourth-order valence-corrected chi connectivity index (χ4v) is 3.73. The summed E-state index contributed by atoms with van der Waals surface area (Å²) in [5, 5.41) is 34.8. The third-order valence-corrected chi connectivity index (χ3v) is 5.70. The van der Waals surface area contributed by atoms with Crippen molar-refractivity contribution in [1.29, 1.82) is 5.26 Å². The Hall–Kier alpha value is -3.40. The van der Waals surface area contributed by atoms with Crippen molar-refractivity contribution in [3.63, 3.8) is 0 Å². The molecule has 6 nitrogen and oxygen atoms in total. The minimum Gasteiger partial charge on any atom is -0.489 e. The maximum absolute atomic E-state index is 11.2. The Morgan fingerprint density at radius 3 is 2.55 bits per heavy atom. The quantitative estimate of drug-likeness (QED) is 0.430. The number of benzene rings is 3. The number of aliphatic hydroxyl groups excluding tert-OH is 1. The zero-order chi connectivity index (χ0) is 24.0. The first kappa shape index (κ1) is 24.2. The van der Waals surface area contributed by atoms with Crippen molar-refractivity contribution in [2.75, 3.05) is 13.2 Å². The number of fused-ring (bicyclic) bond motifs is 1. The van der Waals surface area contributed by atoms with E-state index in [1.807, 2.05) is 18.2 Å². The summed E-state index contributed by atoms with van der Waals surface area (Å²) in [4.78, 5) is 11.2. The molecule has 3 rings (SSSR count). The Kier molecular flexibility index (Phi) is 7.70. The Labute approximate surface area is 194 Å². The maximum Gasteiger partial charge on any atom is 0.310 e. The molecule has 0 aromatic heterocycles. The van der Waals surface area contributed by atoms with E-state index in [-0.39, 0.29) is 17.7 Å². The number of carbonyl (C=O) groups is 1. The lowest BCUT2D eigenvalue weighted by atomic mass is 9.93. The fourth-order valence-electron chi connectivity index (χ4n) is 3.73. The molecule has 0 aliphatic carbocycles. The standard InChI is InChI=1S/C27H30N2O4/c1-18(26(31)32)21-10-11-25(23(13-21)15-28)33-17-24(30)16-29-27(2,3)14-19-8-9-20-6-4-5-7-22(20)12-19/h4-13,18,24,29-30H,14,16-17H2,1-3H3,(H,31,32)/t18-,24-/m1/s1. The van der Waals surface area contributed by atoms with E-state index in [9.17, 15) is 15.2 Å². The number of hydrogen-bond donors (Lipinski definition) is 3. The van der Waals surface area contributed by atoms with Gasteiger partial charge in [-0.3, -0.25) is 4.79 Å². The van der Waals surface area contributed by atoms with Gasteiger partial charge in [-0.2, -0.15) is 5.26 Å². The molecule has 33 heavy (non-hydrogen) atoms. The number of aliphatic hydroxyl groups is 1. The van der Waals surface area contributed by atoms with Crippen LogP contribution in [0.3, 0.4) is 0 Å². The minimum absolute atomic E-state index is 0.0154. The Morgan fingerprint density at radius 2 is 1.85 bits per heavy atom. The smallest absolute Gasteiger partial charge is 0.310 e. The molecule has 3 aromatic carbocycles. The van der Waals surface area contributed by atoms with Gasteiger partial charge in [-0.25, -0.2) is 0 Å². The first-order chi connectivity index (χ1) is 15.7. The molecule has 172 valence electrons. The average Bonchev–Trinajstić information content (AvgIpc) is 2.80. The lowest BCUT2D eigenvalue weighted by Crippen LogP contribution is -2.46. The van der Waals surface area contributed by atoms with Crippen molar-refractivity contribution in [2.24, 2.45) is 0 Å². The molecule has 3 aromatic rings. The van der Waals surface area contributed by atoms with Gasteiger partial charge in [0.15, 0.2) is 0 Å². The van der Waals surface area contributed by atoms with Gasteiger partial charge in [0, 0.05) is 12.1 Å². The molecule has 0 saturated heterocycles. The summed E-state index contributed by atoms with van der Waals surface area (Å²) < 4.78 is 5.66. The topological polar surface area (TPSA) is 103 Å². The van der Waals surface area contributed by atoms with Crippen LogP contribution in [0.4, 0.5) is 0 Å². The van der Waals surface area contributed by atoms with E-state index < -0.39 is 18.0 Å². The van der Waals surface area contributed by atoms with Gasteiger partial charge in [-0.1, -0.05) is 48.5 Å². The molecule has 3 N–H and O–H groups in total. The van der Waals surface area contributed by atoms with Crippen molar-refractivity contribution in [1.82, 2.24) is 5.32 Å². The van der Waals surface area contributed by atoms with Crippen LogP contribution in [0, 0.1) is 11.3 Å². The van der Waals surface area contributed by atoms with E-state index in [0.29, 0.717) is 17.9 Å². The predicted molar refractivity (Wildman–Crippen MR) is 128 cm³/mol. The Balaban J connectivity index is 1.54. The average molecular weight is 447 g/mol. The van der Waals surface area contributed by atoms with Crippen LogP contribution in [0.5, 0.6) is 5.75 Å². The second-order valence-electron chi connectivity index (χ2n) is 9.02. The lowest BCUT2D eigenvalue weighted by molar-refractivity contribution is -0.138. The number of hydrogen-bond acceptors (Lipinski definition) is 5. The third kappa shape index (κ3) is 6.55. The van der Waals surface area contributed by atoms with Crippen LogP contribution in [-0.4, -0.2) is 41.0 Å². The molecule has 0 aliphatic rings. The van der Waals surface area contributed by atoms with E-state index >= 15 is 0 Å². The molecule has 0 bridgehead atoms. The number of nitrogens with zero attached hydrogens (tertiary/aromatic N) is 1. The zero-order valence-electron chi connectivity index (χ0n) is 19.2. The largest absolute Gasteiger partial charge is 0.489 e. The highest BCUT2D eigenvalue weighted by Crippen LogP contribution is 2.24. The van der Waals surface area contributed by atoms with E-state index in [4.69, 9.17) is 9.84 Å². The van der Waals surface area contributed by atoms with Gasteiger partial charge in [0.25, 0.3) is 0 Å². The number of carboxylic acid groups (broad SMARTS) is 1. The van der Waals surface area contributed by atoms with Gasteiger partial charge in [0.1, 0.15) is 24.5 Å². The second kappa shape index (κ2) is 10.5. The fraction of sp³-hybridized carbons (Fsp3) is 0.333. The van der Waals surface area contributed by atoms with Gasteiger partial charge in [-0.05, 0) is 61.2 Å². The van der Waals surface area contributed by atoms with Crippen LogP contribution in [-0.2, 0) is 11.2 Å². The number of nitriles is 1. The molecule has 0 spiro atoms. The number of carboxylic acids is 1. The zero-order valence-corrected chi connectivity index (χ0v) is 19.2. The molecule has 0 radical (unpaired) electrons. The second-order valence-corrected chi connectivity index (χ2v) is 9.02. The summed E-state index contributed by atoms with van der Waals surface area (Å²) in [7, 11) is 0. The Bertz CT molecular complexity index is 1170. The highest BCUT2D eigenvalue weighted by Gasteiger charge is 2.20. The SMILES string of the molecule is C[C@@H](C(=O)O)c1ccc(OC[C@H](O)CNC(C)(C)Cc2ccc3ccccc3c2)c(C#N)c1. The van der Waals surface area contributed by atoms with Crippen LogP contribution in [0.15, 0.2) is 60.7 Å². The van der Waals surface area contributed by atoms with Crippen LogP contribution in [0.1, 0.15) is 43.4 Å². The van der Waals surface area contributed by atoms with E-state index in [2.05, 4.69) is 49.5 Å². The third-order valence-electron chi connectivity index (χ3n) is 5.70. The van der Waals surface area contributed by atoms with E-state index in [0.717, 1.165) is 6.42 Å². The first-order valence-corrected chi connectivity index (χ1v) is 11.0. The highest BCUT2D eigenvalue weighted by molar-refractivity contribution is 5.83. The number of rotatable bonds is 10. The van der Waals surface area contributed by atoms with Gasteiger partial charge < -0.3 is 20.3 Å². The van der Waals surface area contributed by atoms with Crippen LogP contribution >= 0.6 is 0 Å². The highest BCUT2D eigenvalue weighted by atomic mass is 16.5. The summed E-state index contributed by atoms with van der Waals surface area (Å²) >= 11 is 0.